The third-order valence-electron chi connectivity index (χ3n) is 2.87. The SMILES string of the molecule is CCCCCCc1nnc(C(F)(F)C(F)(F)F)n1C(F)(F)F. The summed E-state index contributed by atoms with van der Waals surface area (Å²) in [6.45, 7) is 1.85. The summed E-state index contributed by atoms with van der Waals surface area (Å²) in [6.07, 6.45) is -9.88. The van der Waals surface area contributed by atoms with Gasteiger partial charge >= 0.3 is 18.4 Å². The van der Waals surface area contributed by atoms with Crippen LogP contribution in [0.2, 0.25) is 0 Å². The van der Waals surface area contributed by atoms with Gasteiger partial charge in [-0.3, -0.25) is 0 Å². The number of unbranched alkanes of at least 4 members (excludes halogenated alkanes) is 3. The minimum absolute atomic E-state index is 0.180. The Bertz CT molecular complexity index is 489. The summed E-state index contributed by atoms with van der Waals surface area (Å²) in [6, 6.07) is 0. The zero-order valence-corrected chi connectivity index (χ0v) is 11.4. The van der Waals surface area contributed by atoms with Crippen LogP contribution in [0.25, 0.3) is 0 Å². The quantitative estimate of drug-likeness (QED) is 0.563. The van der Waals surface area contributed by atoms with Crippen molar-refractivity contribution in [1.82, 2.24) is 14.8 Å². The third-order valence-corrected chi connectivity index (χ3v) is 2.87. The van der Waals surface area contributed by atoms with Crippen molar-refractivity contribution in [1.29, 1.82) is 0 Å². The number of halogens is 8. The molecule has 0 bridgehead atoms. The van der Waals surface area contributed by atoms with Crippen molar-refractivity contribution < 1.29 is 35.1 Å². The Kier molecular flexibility index (Phi) is 5.39. The maximum absolute atomic E-state index is 13.2. The molecule has 1 heterocycles. The Hall–Kier alpha value is -1.42. The van der Waals surface area contributed by atoms with Gasteiger partial charge in [0.25, 0.3) is 0 Å². The number of alkyl halides is 8. The van der Waals surface area contributed by atoms with Crippen LogP contribution in [-0.4, -0.2) is 20.9 Å². The Labute approximate surface area is 120 Å². The molecule has 0 N–H and O–H groups in total. The van der Waals surface area contributed by atoms with Gasteiger partial charge in [0, 0.05) is 6.42 Å². The van der Waals surface area contributed by atoms with Crippen LogP contribution in [0.1, 0.15) is 44.3 Å². The molecule has 1 aromatic heterocycles. The average molecular weight is 339 g/mol. The first-order chi connectivity index (χ1) is 9.93. The number of hydrogen-bond donors (Lipinski definition) is 0. The van der Waals surface area contributed by atoms with Crippen LogP contribution in [0.3, 0.4) is 0 Å². The van der Waals surface area contributed by atoms with E-state index in [1.165, 1.54) is 0 Å². The second kappa shape index (κ2) is 6.37. The van der Waals surface area contributed by atoms with Crippen molar-refractivity contribution >= 4 is 0 Å². The lowest BCUT2D eigenvalue weighted by atomic mass is 10.1. The van der Waals surface area contributed by atoms with Gasteiger partial charge in [-0.15, -0.1) is 23.4 Å². The predicted molar refractivity (Wildman–Crippen MR) is 59.1 cm³/mol. The van der Waals surface area contributed by atoms with E-state index in [4.69, 9.17) is 0 Å². The van der Waals surface area contributed by atoms with Crippen molar-refractivity contribution in [3.8, 4) is 0 Å². The lowest BCUT2D eigenvalue weighted by Gasteiger charge is -2.21. The fourth-order valence-corrected chi connectivity index (χ4v) is 1.78. The Morgan fingerprint density at radius 2 is 1.45 bits per heavy atom. The fraction of sp³-hybridized carbons (Fsp3) is 0.818. The number of rotatable bonds is 6. The van der Waals surface area contributed by atoms with E-state index in [2.05, 4.69) is 10.2 Å². The van der Waals surface area contributed by atoms with Crippen LogP contribution < -0.4 is 0 Å². The molecule has 3 nitrogen and oxygen atoms in total. The van der Waals surface area contributed by atoms with Crippen LogP contribution in [0.15, 0.2) is 0 Å². The molecule has 1 aromatic rings. The van der Waals surface area contributed by atoms with Crippen LogP contribution >= 0.6 is 0 Å². The first-order valence-electron chi connectivity index (χ1n) is 6.39. The molecule has 11 heteroatoms. The molecule has 1 rings (SSSR count). The van der Waals surface area contributed by atoms with Crippen LogP contribution in [0.4, 0.5) is 35.1 Å². The Morgan fingerprint density at radius 1 is 0.864 bits per heavy atom. The van der Waals surface area contributed by atoms with Gasteiger partial charge in [0.15, 0.2) is 0 Å². The molecule has 0 radical (unpaired) electrons. The Morgan fingerprint density at radius 3 is 1.91 bits per heavy atom. The van der Waals surface area contributed by atoms with Gasteiger partial charge in [0.05, 0.1) is 0 Å². The lowest BCUT2D eigenvalue weighted by molar-refractivity contribution is -0.300. The molecule has 0 saturated carbocycles. The summed E-state index contributed by atoms with van der Waals surface area (Å²) < 4.78 is 100. The molecule has 22 heavy (non-hydrogen) atoms. The predicted octanol–water partition coefficient (Wildman–Crippen LogP) is 4.53. The third kappa shape index (κ3) is 3.86. The fourth-order valence-electron chi connectivity index (χ4n) is 1.78. The van der Waals surface area contributed by atoms with E-state index in [0.717, 1.165) is 6.42 Å². The second-order valence-corrected chi connectivity index (χ2v) is 4.63. The molecule has 0 amide bonds. The van der Waals surface area contributed by atoms with Gasteiger partial charge in [-0.05, 0) is 6.42 Å². The number of aromatic nitrogens is 3. The summed E-state index contributed by atoms with van der Waals surface area (Å²) >= 11 is 0. The summed E-state index contributed by atoms with van der Waals surface area (Å²) in [7, 11) is 0. The van der Waals surface area contributed by atoms with E-state index in [1.54, 1.807) is 0 Å². The smallest absolute Gasteiger partial charge is 0.218 e. The highest BCUT2D eigenvalue weighted by atomic mass is 19.4. The number of hydrogen-bond acceptors (Lipinski definition) is 2. The second-order valence-electron chi connectivity index (χ2n) is 4.63. The summed E-state index contributed by atoms with van der Waals surface area (Å²) in [5.41, 5.74) is 0. The molecule has 0 fully saturated rings. The monoisotopic (exact) mass is 339 g/mol. The van der Waals surface area contributed by atoms with E-state index < -0.39 is 34.6 Å². The van der Waals surface area contributed by atoms with Crippen molar-refractivity contribution in [3.05, 3.63) is 11.6 Å². The number of aryl methyl sites for hydroxylation is 1. The van der Waals surface area contributed by atoms with E-state index in [0.29, 0.717) is 12.8 Å². The van der Waals surface area contributed by atoms with Crippen molar-refractivity contribution in [2.45, 2.75) is 57.4 Å². The topological polar surface area (TPSA) is 30.7 Å². The maximum atomic E-state index is 13.2. The van der Waals surface area contributed by atoms with Crippen molar-refractivity contribution in [2.75, 3.05) is 0 Å². The molecule has 0 atom stereocenters. The van der Waals surface area contributed by atoms with Crippen LogP contribution in [-0.2, 0) is 18.6 Å². The van der Waals surface area contributed by atoms with Gasteiger partial charge in [-0.25, -0.2) is 4.57 Å². The maximum Gasteiger partial charge on any atom is 0.491 e. The van der Waals surface area contributed by atoms with Gasteiger partial charge in [-0.1, -0.05) is 26.2 Å². The van der Waals surface area contributed by atoms with Gasteiger partial charge < -0.3 is 0 Å². The summed E-state index contributed by atoms with van der Waals surface area (Å²) in [4.78, 5) is 0. The largest absolute Gasteiger partial charge is 0.491 e. The van der Waals surface area contributed by atoms with Gasteiger partial charge in [0.1, 0.15) is 5.82 Å². The molecule has 0 aliphatic carbocycles. The molecular formula is C11H13F8N3. The highest BCUT2D eigenvalue weighted by molar-refractivity contribution is 5.07. The molecule has 0 aliphatic heterocycles. The molecular weight excluding hydrogens is 326 g/mol. The summed E-state index contributed by atoms with van der Waals surface area (Å²) in [5, 5.41) is 5.32. The molecule has 0 saturated heterocycles. The van der Waals surface area contributed by atoms with Crippen LogP contribution in [0, 0.1) is 0 Å². The average Bonchev–Trinajstić information content (AvgIpc) is 2.77. The minimum atomic E-state index is -6.19. The lowest BCUT2D eigenvalue weighted by Crippen LogP contribution is -2.39. The van der Waals surface area contributed by atoms with E-state index in [1.807, 2.05) is 6.92 Å². The zero-order chi connectivity index (χ0) is 17.2. The molecule has 0 aromatic carbocycles. The molecule has 0 spiro atoms. The van der Waals surface area contributed by atoms with E-state index >= 15 is 0 Å². The normalized spacial score (nSPS) is 13.7. The first kappa shape index (κ1) is 18.6. The van der Waals surface area contributed by atoms with E-state index in [9.17, 15) is 35.1 Å². The van der Waals surface area contributed by atoms with Crippen LogP contribution in [0.5, 0.6) is 0 Å². The highest BCUT2D eigenvalue weighted by Crippen LogP contribution is 2.45. The van der Waals surface area contributed by atoms with Gasteiger partial charge in [-0.2, -0.15) is 22.0 Å². The molecule has 0 unspecified atom stereocenters. The molecule has 128 valence electrons. The van der Waals surface area contributed by atoms with Gasteiger partial charge in [0.2, 0.25) is 5.82 Å². The highest BCUT2D eigenvalue weighted by Gasteiger charge is 2.64. The van der Waals surface area contributed by atoms with E-state index in [-0.39, 0.29) is 12.8 Å². The standard InChI is InChI=1S/C11H13F8N3/c1-2-3-4-5-6-7-20-21-8(22(7)11(17,18)19)9(12,13)10(14,15)16/h2-6H2,1H3. The Balaban J connectivity index is 3.18. The summed E-state index contributed by atoms with van der Waals surface area (Å²) in [5.74, 6) is -9.16. The first-order valence-corrected chi connectivity index (χ1v) is 6.39. The van der Waals surface area contributed by atoms with Crippen molar-refractivity contribution in [2.24, 2.45) is 0 Å². The zero-order valence-electron chi connectivity index (χ0n) is 11.4. The van der Waals surface area contributed by atoms with Crippen molar-refractivity contribution in [3.63, 3.8) is 0 Å². The number of nitrogens with zero attached hydrogens (tertiary/aromatic N) is 3. The minimum Gasteiger partial charge on any atom is -0.218 e. The molecule has 0 aliphatic rings.